The Kier molecular flexibility index (Phi) is 6.44. The number of carbonyl (C=O) groups excluding carboxylic acids is 2. The third kappa shape index (κ3) is 4.99. The van der Waals surface area contributed by atoms with Crippen LogP contribution in [0.2, 0.25) is 0 Å². The van der Waals surface area contributed by atoms with Gasteiger partial charge in [0.2, 0.25) is 6.79 Å². The lowest BCUT2D eigenvalue weighted by Gasteiger charge is -2.24. The fraction of sp³-hybridized carbons (Fsp3) is 0.500. The Balaban J connectivity index is 1.29. The highest BCUT2D eigenvalue weighted by Gasteiger charge is 2.38. The number of aromatic nitrogens is 3. The average molecular weight is 552 g/mol. The van der Waals surface area contributed by atoms with Crippen LogP contribution in [0, 0.1) is 12.8 Å². The minimum atomic E-state index is -0.942. The molecule has 1 aromatic carbocycles. The van der Waals surface area contributed by atoms with Crippen molar-refractivity contribution in [3.05, 3.63) is 29.7 Å². The molecule has 2 amide bonds. The van der Waals surface area contributed by atoms with Crippen LogP contribution in [0.25, 0.3) is 22.3 Å². The van der Waals surface area contributed by atoms with Crippen LogP contribution in [-0.2, 0) is 4.74 Å². The Hall–Kier alpha value is -4.06. The van der Waals surface area contributed by atoms with Crippen LogP contribution in [0.5, 0.6) is 17.2 Å². The maximum Gasteiger partial charge on any atom is 0.410 e. The van der Waals surface area contributed by atoms with E-state index in [-0.39, 0.29) is 19.9 Å². The maximum absolute atomic E-state index is 13.5. The van der Waals surface area contributed by atoms with Gasteiger partial charge in [-0.2, -0.15) is 0 Å². The molecule has 3 N–H and O–H groups in total. The fourth-order valence-corrected chi connectivity index (χ4v) is 5.02. The highest BCUT2D eigenvalue weighted by molar-refractivity contribution is 6.09. The molecular formula is C28H33N5O7. The third-order valence-corrected chi connectivity index (χ3v) is 7.17. The van der Waals surface area contributed by atoms with Crippen molar-refractivity contribution >= 4 is 23.0 Å². The Morgan fingerprint density at radius 1 is 1.20 bits per heavy atom. The number of nitrogens with one attached hydrogen (secondary N) is 2. The zero-order valence-electron chi connectivity index (χ0n) is 22.9. The second-order valence-corrected chi connectivity index (χ2v) is 11.5. The van der Waals surface area contributed by atoms with E-state index >= 15 is 0 Å². The van der Waals surface area contributed by atoms with Crippen molar-refractivity contribution in [1.82, 2.24) is 25.2 Å². The Morgan fingerprint density at radius 3 is 2.75 bits per heavy atom. The van der Waals surface area contributed by atoms with Crippen molar-refractivity contribution in [2.75, 3.05) is 26.5 Å². The minimum absolute atomic E-state index is 0.0594. The summed E-state index contributed by atoms with van der Waals surface area (Å²) >= 11 is 0. The second-order valence-electron chi connectivity index (χ2n) is 11.5. The smallest absolute Gasteiger partial charge is 0.410 e. The molecule has 0 spiro atoms. The number of amides is 2. The van der Waals surface area contributed by atoms with Crippen LogP contribution in [0.4, 0.5) is 4.79 Å². The molecule has 212 valence electrons. The second kappa shape index (κ2) is 9.84. The molecule has 12 nitrogen and oxygen atoms in total. The van der Waals surface area contributed by atoms with Crippen molar-refractivity contribution in [1.29, 1.82) is 0 Å². The van der Waals surface area contributed by atoms with Gasteiger partial charge in [-0.3, -0.25) is 4.79 Å². The molecule has 1 aliphatic carbocycles. The first-order chi connectivity index (χ1) is 19.1. The number of ether oxygens (including phenoxy) is 4. The van der Waals surface area contributed by atoms with E-state index in [2.05, 4.69) is 20.3 Å². The van der Waals surface area contributed by atoms with E-state index in [1.165, 1.54) is 11.2 Å². The zero-order chi connectivity index (χ0) is 28.2. The number of β-amino-alcohol motifs (C(OH)–C–C–N with tert-alkyl or cyclic N) is 1. The van der Waals surface area contributed by atoms with Crippen LogP contribution in [0.3, 0.4) is 0 Å². The number of aryl methyl sites for hydroxylation is 1. The third-order valence-electron chi connectivity index (χ3n) is 7.17. The van der Waals surface area contributed by atoms with Gasteiger partial charge < -0.3 is 39.3 Å². The van der Waals surface area contributed by atoms with Gasteiger partial charge in [0, 0.05) is 12.2 Å². The number of aliphatic hydroxyl groups excluding tert-OH is 1. The number of hydrogen-bond acceptors (Lipinski definition) is 9. The number of rotatable bonds is 6. The first-order valence-corrected chi connectivity index (χ1v) is 13.4. The Labute approximate surface area is 231 Å². The minimum Gasteiger partial charge on any atom is -0.492 e. The van der Waals surface area contributed by atoms with Gasteiger partial charge >= 0.3 is 6.09 Å². The molecule has 3 aromatic rings. The molecule has 2 atom stereocenters. The number of fused-ring (bicyclic) bond motifs is 2. The summed E-state index contributed by atoms with van der Waals surface area (Å²) in [7, 11) is 0. The number of aliphatic hydroxyl groups is 1. The summed E-state index contributed by atoms with van der Waals surface area (Å²) in [5, 5.41) is 13.5. The Morgan fingerprint density at radius 2 is 2.00 bits per heavy atom. The highest BCUT2D eigenvalue weighted by Crippen LogP contribution is 2.48. The van der Waals surface area contributed by atoms with E-state index in [1.807, 2.05) is 12.1 Å². The van der Waals surface area contributed by atoms with Crippen LogP contribution >= 0.6 is 0 Å². The van der Waals surface area contributed by atoms with E-state index in [1.54, 1.807) is 27.7 Å². The molecule has 12 heteroatoms. The molecule has 2 fully saturated rings. The van der Waals surface area contributed by atoms with Gasteiger partial charge in [0.15, 0.2) is 11.5 Å². The molecule has 1 saturated carbocycles. The van der Waals surface area contributed by atoms with Gasteiger partial charge in [-0.05, 0) is 58.6 Å². The highest BCUT2D eigenvalue weighted by atomic mass is 16.7. The molecule has 1 saturated heterocycles. The number of hydrogen-bond donors (Lipinski definition) is 3. The molecule has 0 bridgehead atoms. The van der Waals surface area contributed by atoms with E-state index in [0.717, 1.165) is 12.8 Å². The predicted molar refractivity (Wildman–Crippen MR) is 143 cm³/mol. The standard InChI is InChI=1S/C28H33N5O7/c1-14-20(26(35)32-16-9-33(10-17(16)34)27(36)40-28(2,3)4)22-24(31-14)23(30-12-29-22)21-18(37-11-15-5-6-15)7-8-19-25(21)39-13-38-19/h7-8,12,15-17,31,34H,5-6,9-11,13H2,1-4H3,(H,32,35)/t16-,17-/m1/s1. The van der Waals surface area contributed by atoms with Gasteiger partial charge in [0.1, 0.15) is 28.9 Å². The summed E-state index contributed by atoms with van der Waals surface area (Å²) in [4.78, 5) is 39.7. The summed E-state index contributed by atoms with van der Waals surface area (Å²) in [5.41, 5.74) is 2.37. The van der Waals surface area contributed by atoms with Gasteiger partial charge in [-0.25, -0.2) is 14.8 Å². The number of carbonyl (C=O) groups is 2. The summed E-state index contributed by atoms with van der Waals surface area (Å²) < 4.78 is 23.0. The summed E-state index contributed by atoms with van der Waals surface area (Å²) in [6.07, 6.45) is 2.22. The molecule has 0 unspecified atom stereocenters. The van der Waals surface area contributed by atoms with Crippen LogP contribution < -0.4 is 19.5 Å². The summed E-state index contributed by atoms with van der Waals surface area (Å²) in [6, 6.07) is 3.00. The lowest BCUT2D eigenvalue weighted by molar-refractivity contribution is 0.0269. The molecular weight excluding hydrogens is 518 g/mol. The van der Waals surface area contributed by atoms with Crippen LogP contribution in [-0.4, -0.2) is 81.2 Å². The van der Waals surface area contributed by atoms with Crippen LogP contribution in [0.15, 0.2) is 18.5 Å². The van der Waals surface area contributed by atoms with Crippen molar-refractivity contribution < 1.29 is 33.6 Å². The first-order valence-electron chi connectivity index (χ1n) is 13.4. The summed E-state index contributed by atoms with van der Waals surface area (Å²) in [6.45, 7) is 7.97. The summed E-state index contributed by atoms with van der Waals surface area (Å²) in [5.74, 6) is 1.86. The molecule has 0 radical (unpaired) electrons. The van der Waals surface area contributed by atoms with Crippen molar-refractivity contribution in [3.63, 3.8) is 0 Å². The van der Waals surface area contributed by atoms with E-state index in [4.69, 9.17) is 18.9 Å². The molecule has 3 aliphatic rings. The molecule has 2 aliphatic heterocycles. The lowest BCUT2D eigenvalue weighted by Crippen LogP contribution is -2.43. The molecule has 40 heavy (non-hydrogen) atoms. The van der Waals surface area contributed by atoms with Crippen molar-refractivity contribution in [2.24, 2.45) is 5.92 Å². The maximum atomic E-state index is 13.5. The van der Waals surface area contributed by atoms with Crippen LogP contribution in [0.1, 0.15) is 49.7 Å². The normalized spacial score (nSPS) is 20.2. The van der Waals surface area contributed by atoms with Gasteiger partial charge in [-0.15, -0.1) is 0 Å². The largest absolute Gasteiger partial charge is 0.492 e. The number of H-pyrrole nitrogens is 1. The molecule has 6 rings (SSSR count). The van der Waals surface area contributed by atoms with E-state index < -0.39 is 29.7 Å². The SMILES string of the molecule is Cc1[nH]c2c(-c3c(OCC4CC4)ccc4c3OCO4)ncnc2c1C(=O)N[C@@H]1CN(C(=O)OC(C)(C)C)C[C@H]1O. The molecule has 2 aromatic heterocycles. The Bertz CT molecular complexity index is 1480. The zero-order valence-corrected chi connectivity index (χ0v) is 22.9. The van der Waals surface area contributed by atoms with E-state index in [0.29, 0.717) is 63.3 Å². The fourth-order valence-electron chi connectivity index (χ4n) is 5.02. The van der Waals surface area contributed by atoms with Gasteiger partial charge in [0.05, 0.1) is 41.9 Å². The lowest BCUT2D eigenvalue weighted by atomic mass is 10.1. The number of benzene rings is 1. The van der Waals surface area contributed by atoms with Crippen molar-refractivity contribution in [3.8, 4) is 28.5 Å². The van der Waals surface area contributed by atoms with Crippen molar-refractivity contribution in [2.45, 2.75) is 58.3 Å². The van der Waals surface area contributed by atoms with E-state index in [9.17, 15) is 14.7 Å². The number of likely N-dealkylation sites (tertiary alicyclic amines) is 1. The number of aromatic amines is 1. The topological polar surface area (TPSA) is 148 Å². The molecule has 4 heterocycles. The first kappa shape index (κ1) is 26.2. The average Bonchev–Trinajstić information content (AvgIpc) is 3.29. The number of nitrogens with zero attached hydrogens (tertiary/aromatic N) is 3. The monoisotopic (exact) mass is 551 g/mol. The predicted octanol–water partition coefficient (Wildman–Crippen LogP) is 3.16. The van der Waals surface area contributed by atoms with Gasteiger partial charge in [-0.1, -0.05) is 0 Å². The van der Waals surface area contributed by atoms with Gasteiger partial charge in [0.25, 0.3) is 5.91 Å². The quantitative estimate of drug-likeness (QED) is 0.420.